The summed E-state index contributed by atoms with van der Waals surface area (Å²) in [5.74, 6) is 2.04. The van der Waals surface area contributed by atoms with Crippen molar-refractivity contribution in [1.29, 1.82) is 0 Å². The first-order valence-electron chi connectivity index (χ1n) is 14.9. The number of benzene rings is 3. The second kappa shape index (κ2) is 11.6. The summed E-state index contributed by atoms with van der Waals surface area (Å²) in [5.41, 5.74) is 9.65. The number of aromatic nitrogens is 4. The third kappa shape index (κ3) is 6.03. The fourth-order valence-corrected chi connectivity index (χ4v) is 5.56. The van der Waals surface area contributed by atoms with Crippen LogP contribution < -0.4 is 0 Å². The number of nitrogens with one attached hydrogen (secondary N) is 1. The zero-order chi connectivity index (χ0) is 30.2. The number of aryl methyl sites for hydroxylation is 3. The van der Waals surface area contributed by atoms with Gasteiger partial charge in [-0.3, -0.25) is 0 Å². The van der Waals surface area contributed by atoms with Crippen molar-refractivity contribution >= 4 is 17.0 Å². The Bertz CT molecular complexity index is 1730. The molecule has 0 spiro atoms. The molecule has 5 aromatic rings. The fourth-order valence-electron chi connectivity index (χ4n) is 5.56. The lowest BCUT2D eigenvalue weighted by atomic mass is 9.98. The molecule has 42 heavy (non-hydrogen) atoms. The van der Waals surface area contributed by atoms with Gasteiger partial charge in [-0.15, -0.1) is 0 Å². The van der Waals surface area contributed by atoms with Crippen molar-refractivity contribution in [2.24, 2.45) is 0 Å². The summed E-state index contributed by atoms with van der Waals surface area (Å²) in [6, 6.07) is 20.5. The molecule has 0 saturated carbocycles. The van der Waals surface area contributed by atoms with Gasteiger partial charge in [0.1, 0.15) is 17.2 Å². The predicted octanol–water partition coefficient (Wildman–Crippen LogP) is 8.79. The number of hydrogen-bond acceptors (Lipinski definition) is 4. The number of carbonyl (C=O) groups excluding carboxylic acids is 1. The summed E-state index contributed by atoms with van der Waals surface area (Å²) < 4.78 is 8.02. The normalized spacial score (nSPS) is 11.9. The second-order valence-electron chi connectivity index (χ2n) is 12.5. The summed E-state index contributed by atoms with van der Waals surface area (Å²) in [6.45, 7) is 17.1. The molecule has 0 unspecified atom stereocenters. The molecule has 0 saturated heterocycles. The third-order valence-corrected chi connectivity index (χ3v) is 7.49. The van der Waals surface area contributed by atoms with Gasteiger partial charge in [0.05, 0.1) is 22.3 Å². The molecule has 218 valence electrons. The zero-order valence-corrected chi connectivity index (χ0v) is 26.1. The molecule has 0 aliphatic heterocycles. The fraction of sp³-hybridized carbons (Fsp3) is 0.361. The Hall–Kier alpha value is -4.19. The van der Waals surface area contributed by atoms with E-state index in [-0.39, 0.29) is 5.97 Å². The van der Waals surface area contributed by atoms with Gasteiger partial charge in [-0.1, -0.05) is 63.2 Å². The molecule has 0 bridgehead atoms. The lowest BCUT2D eigenvalue weighted by Crippen LogP contribution is -2.24. The number of ether oxygens (including phenoxy) is 1. The molecule has 0 fully saturated rings. The van der Waals surface area contributed by atoms with Crippen LogP contribution in [0.1, 0.15) is 92.6 Å². The molecule has 0 atom stereocenters. The summed E-state index contributed by atoms with van der Waals surface area (Å²) >= 11 is 0. The van der Waals surface area contributed by atoms with Crippen molar-refractivity contribution in [3.63, 3.8) is 0 Å². The molecule has 1 N–H and O–H groups in total. The Morgan fingerprint density at radius 2 is 1.69 bits per heavy atom. The summed E-state index contributed by atoms with van der Waals surface area (Å²) in [4.78, 5) is 26.5. The van der Waals surface area contributed by atoms with Gasteiger partial charge in [-0.2, -0.15) is 0 Å². The Kier molecular flexibility index (Phi) is 8.09. The van der Waals surface area contributed by atoms with Gasteiger partial charge < -0.3 is 14.3 Å². The largest absolute Gasteiger partial charge is 0.456 e. The number of carbonyl (C=O) groups is 1. The first-order chi connectivity index (χ1) is 19.9. The minimum Gasteiger partial charge on any atom is -0.456 e. The Morgan fingerprint density at radius 1 is 0.976 bits per heavy atom. The lowest BCUT2D eigenvalue weighted by molar-refractivity contribution is 0.00704. The molecule has 0 aliphatic rings. The molecule has 0 amide bonds. The summed E-state index contributed by atoms with van der Waals surface area (Å²) in [6.07, 6.45) is 1.92. The maximum absolute atomic E-state index is 12.9. The van der Waals surface area contributed by atoms with Crippen molar-refractivity contribution in [3.8, 4) is 22.5 Å². The number of nitrogens with zero attached hydrogens (tertiary/aromatic N) is 3. The SMILES string of the molecule is CCCc1nc2c(C)cc(-c3nc(C(C)C)c(C)[nH]3)cc2n1Cc1ccc(-c2ccccc2C(=O)OC(C)(C)C)cc1. The van der Waals surface area contributed by atoms with Crippen LogP contribution in [0.25, 0.3) is 33.5 Å². The topological polar surface area (TPSA) is 72.8 Å². The van der Waals surface area contributed by atoms with Gasteiger partial charge in [-0.25, -0.2) is 14.8 Å². The third-order valence-electron chi connectivity index (χ3n) is 7.49. The highest BCUT2D eigenvalue weighted by Crippen LogP contribution is 2.31. The lowest BCUT2D eigenvalue weighted by Gasteiger charge is -2.20. The maximum atomic E-state index is 12.9. The van der Waals surface area contributed by atoms with E-state index < -0.39 is 5.60 Å². The average Bonchev–Trinajstić information content (AvgIpc) is 3.49. The van der Waals surface area contributed by atoms with E-state index in [0.717, 1.165) is 69.2 Å². The Morgan fingerprint density at radius 3 is 2.33 bits per heavy atom. The second-order valence-corrected chi connectivity index (χ2v) is 12.5. The molecule has 3 aromatic carbocycles. The van der Waals surface area contributed by atoms with Crippen LogP contribution in [0.15, 0.2) is 60.7 Å². The van der Waals surface area contributed by atoms with E-state index in [2.05, 4.69) is 80.6 Å². The first-order valence-corrected chi connectivity index (χ1v) is 14.9. The minimum atomic E-state index is -0.553. The molecule has 0 aliphatic carbocycles. The molecule has 0 radical (unpaired) electrons. The van der Waals surface area contributed by atoms with Gasteiger partial charge in [0, 0.05) is 24.2 Å². The van der Waals surface area contributed by atoms with Crippen LogP contribution in [0.2, 0.25) is 0 Å². The van der Waals surface area contributed by atoms with Crippen molar-refractivity contribution in [2.75, 3.05) is 0 Å². The Labute approximate surface area is 249 Å². The van der Waals surface area contributed by atoms with Gasteiger partial charge in [-0.05, 0) is 87.4 Å². The van der Waals surface area contributed by atoms with Crippen LogP contribution in [0, 0.1) is 13.8 Å². The smallest absolute Gasteiger partial charge is 0.339 e. The van der Waals surface area contributed by atoms with E-state index >= 15 is 0 Å². The van der Waals surface area contributed by atoms with Crippen LogP contribution in [0.3, 0.4) is 0 Å². The summed E-state index contributed by atoms with van der Waals surface area (Å²) in [7, 11) is 0. The average molecular weight is 563 g/mol. The number of aromatic amines is 1. The quantitative estimate of drug-likeness (QED) is 0.192. The van der Waals surface area contributed by atoms with Crippen LogP contribution in [0.5, 0.6) is 0 Å². The molecule has 6 heteroatoms. The highest BCUT2D eigenvalue weighted by atomic mass is 16.6. The molecule has 5 rings (SSSR count). The number of rotatable bonds is 8. The number of fused-ring (bicyclic) bond motifs is 1. The van der Waals surface area contributed by atoms with E-state index in [0.29, 0.717) is 18.0 Å². The first kappa shape index (κ1) is 29.3. The molecular weight excluding hydrogens is 520 g/mol. The van der Waals surface area contributed by atoms with E-state index in [1.165, 1.54) is 5.56 Å². The number of H-pyrrole nitrogens is 1. The maximum Gasteiger partial charge on any atom is 0.339 e. The van der Waals surface area contributed by atoms with E-state index in [1.54, 1.807) is 0 Å². The van der Waals surface area contributed by atoms with Crippen molar-refractivity contribution < 1.29 is 9.53 Å². The molecule has 2 heterocycles. The van der Waals surface area contributed by atoms with E-state index in [4.69, 9.17) is 14.7 Å². The number of imidazole rings is 2. The minimum absolute atomic E-state index is 0.310. The van der Waals surface area contributed by atoms with Gasteiger partial charge in [0.15, 0.2) is 0 Å². The highest BCUT2D eigenvalue weighted by molar-refractivity contribution is 5.97. The number of esters is 1. The highest BCUT2D eigenvalue weighted by Gasteiger charge is 2.21. The predicted molar refractivity (Wildman–Crippen MR) is 171 cm³/mol. The van der Waals surface area contributed by atoms with E-state index in [1.807, 2.05) is 45.0 Å². The molecule has 2 aromatic heterocycles. The standard InChI is InChI=1S/C36H42N4O2/c1-9-12-31-38-33-23(4)19-27(34-37-24(5)32(39-34)22(2)3)20-30(33)40(31)21-25-15-17-26(18-16-25)28-13-10-11-14-29(28)35(41)42-36(6,7)8/h10-11,13-20,22H,9,12,21H2,1-8H3,(H,37,39). The van der Waals surface area contributed by atoms with Crippen LogP contribution in [0.4, 0.5) is 0 Å². The summed E-state index contributed by atoms with van der Waals surface area (Å²) in [5, 5.41) is 0. The zero-order valence-electron chi connectivity index (χ0n) is 26.1. The van der Waals surface area contributed by atoms with Crippen molar-refractivity contribution in [3.05, 3.63) is 94.6 Å². The Balaban J connectivity index is 1.51. The number of hydrogen-bond donors (Lipinski definition) is 1. The van der Waals surface area contributed by atoms with Gasteiger partial charge in [0.25, 0.3) is 0 Å². The van der Waals surface area contributed by atoms with Crippen LogP contribution in [-0.4, -0.2) is 31.1 Å². The van der Waals surface area contributed by atoms with Crippen molar-refractivity contribution in [1.82, 2.24) is 19.5 Å². The van der Waals surface area contributed by atoms with Gasteiger partial charge >= 0.3 is 5.97 Å². The van der Waals surface area contributed by atoms with Crippen molar-refractivity contribution in [2.45, 2.75) is 86.3 Å². The van der Waals surface area contributed by atoms with Crippen LogP contribution in [-0.2, 0) is 17.7 Å². The van der Waals surface area contributed by atoms with Gasteiger partial charge in [0.2, 0.25) is 0 Å². The molecule has 6 nitrogen and oxygen atoms in total. The van der Waals surface area contributed by atoms with Crippen LogP contribution >= 0.6 is 0 Å². The van der Waals surface area contributed by atoms with E-state index in [9.17, 15) is 4.79 Å². The monoisotopic (exact) mass is 562 g/mol. The molecular formula is C36H42N4O2.